The van der Waals surface area contributed by atoms with E-state index in [1.54, 1.807) is 34.6 Å². The molecule has 4 nitrogen and oxygen atoms in total. The van der Waals surface area contributed by atoms with Gasteiger partial charge in [-0.2, -0.15) is 5.92 Å². The number of ether oxygens (including phenoxy) is 1. The van der Waals surface area contributed by atoms with E-state index in [0.717, 1.165) is 24.8 Å². The zero-order valence-corrected chi connectivity index (χ0v) is 15.5. The molecular formula is C16H30O4Ti. The van der Waals surface area contributed by atoms with Crippen LogP contribution in [0.25, 0.3) is 0 Å². The Morgan fingerprint density at radius 2 is 1.76 bits per heavy atom. The van der Waals surface area contributed by atoms with Crippen molar-refractivity contribution < 1.29 is 41.5 Å². The molecular weight excluding hydrogens is 304 g/mol. The molecule has 21 heavy (non-hydrogen) atoms. The summed E-state index contributed by atoms with van der Waals surface area (Å²) in [6.45, 7) is 13.0. The molecule has 0 aromatic heterocycles. The van der Waals surface area contributed by atoms with Crippen LogP contribution in [0.3, 0.4) is 0 Å². The normalized spacial score (nSPS) is 18.4. The molecule has 0 aromatic carbocycles. The number of allylic oxidation sites excluding steroid dienone is 1. The van der Waals surface area contributed by atoms with Gasteiger partial charge in [0, 0.05) is 12.2 Å². The van der Waals surface area contributed by atoms with E-state index in [1.165, 1.54) is 0 Å². The predicted octanol–water partition coefficient (Wildman–Crippen LogP) is 2.68. The maximum Gasteiger partial charge on any atom is 2.00 e. The molecule has 0 saturated heterocycles. The fourth-order valence-corrected chi connectivity index (χ4v) is 1.38. The summed E-state index contributed by atoms with van der Waals surface area (Å²) in [6, 6.07) is 0. The van der Waals surface area contributed by atoms with Crippen molar-refractivity contribution in [2.45, 2.75) is 66.1 Å². The SMILES string of the molecule is CC(C)O.CC(C)O.[CH2-]C1CCCC1=[C-]C(=O)OCC.[Ti+2]. The summed E-state index contributed by atoms with van der Waals surface area (Å²) in [5.74, 6) is -0.0718. The molecule has 1 rings (SSSR count). The molecule has 0 aliphatic heterocycles. The van der Waals surface area contributed by atoms with Gasteiger partial charge in [0.15, 0.2) is 0 Å². The van der Waals surface area contributed by atoms with E-state index in [1.807, 2.05) is 0 Å². The van der Waals surface area contributed by atoms with Crippen molar-refractivity contribution in [3.8, 4) is 0 Å². The van der Waals surface area contributed by atoms with E-state index in [-0.39, 0.29) is 45.8 Å². The monoisotopic (exact) mass is 334 g/mol. The number of aliphatic hydroxyl groups is 2. The zero-order chi connectivity index (χ0) is 16.1. The van der Waals surface area contributed by atoms with Crippen LogP contribution in [-0.2, 0) is 31.2 Å². The largest absolute Gasteiger partial charge is 2.00 e. The van der Waals surface area contributed by atoms with Crippen molar-refractivity contribution in [2.75, 3.05) is 6.61 Å². The summed E-state index contributed by atoms with van der Waals surface area (Å²) in [7, 11) is 0. The number of rotatable bonds is 2. The fraction of sp³-hybridized carbons (Fsp3) is 0.750. The van der Waals surface area contributed by atoms with Crippen LogP contribution in [0, 0.1) is 18.9 Å². The first-order chi connectivity index (χ1) is 9.20. The van der Waals surface area contributed by atoms with Gasteiger partial charge in [0.1, 0.15) is 5.97 Å². The first-order valence-corrected chi connectivity index (χ1v) is 7.19. The van der Waals surface area contributed by atoms with E-state index in [2.05, 4.69) is 13.0 Å². The molecule has 1 unspecified atom stereocenters. The van der Waals surface area contributed by atoms with Crippen LogP contribution in [0.1, 0.15) is 53.9 Å². The summed E-state index contributed by atoms with van der Waals surface area (Å²) in [5, 5.41) is 16.1. The molecule has 0 spiro atoms. The van der Waals surface area contributed by atoms with Gasteiger partial charge in [-0.1, -0.05) is 19.3 Å². The molecule has 122 valence electrons. The second kappa shape index (κ2) is 16.2. The molecule has 0 aromatic rings. The Kier molecular flexibility index (Phi) is 19.9. The summed E-state index contributed by atoms with van der Waals surface area (Å²) in [4.78, 5) is 11.0. The predicted molar refractivity (Wildman–Crippen MR) is 80.8 cm³/mol. The Morgan fingerprint density at radius 1 is 1.33 bits per heavy atom. The zero-order valence-electron chi connectivity index (χ0n) is 14.0. The van der Waals surface area contributed by atoms with Crippen molar-refractivity contribution >= 4 is 5.97 Å². The van der Waals surface area contributed by atoms with Crippen molar-refractivity contribution in [2.24, 2.45) is 5.92 Å². The van der Waals surface area contributed by atoms with E-state index in [4.69, 9.17) is 14.9 Å². The topological polar surface area (TPSA) is 66.8 Å². The smallest absolute Gasteiger partial charge is 0.490 e. The van der Waals surface area contributed by atoms with Gasteiger partial charge in [0.25, 0.3) is 0 Å². The van der Waals surface area contributed by atoms with Crippen LogP contribution in [0.15, 0.2) is 5.57 Å². The molecule has 1 atom stereocenters. The standard InChI is InChI=1S/C10H14O2.2C3H8O.Ti/c1-3-12-10(11)7-9-6-4-5-8(9)2;2*1-3(2)4;/h8H,2-6H2,1H3;2*3-4H,1-2H3;/q-2;;;+2. The quantitative estimate of drug-likeness (QED) is 0.353. The number of carbonyl (C=O) groups is 1. The first kappa shape index (κ1) is 25.8. The number of hydrogen-bond donors (Lipinski definition) is 2. The van der Waals surface area contributed by atoms with Crippen LogP contribution >= 0.6 is 0 Å². The Hall–Kier alpha value is -0.156. The van der Waals surface area contributed by atoms with Crippen molar-refractivity contribution in [1.82, 2.24) is 0 Å². The van der Waals surface area contributed by atoms with Crippen LogP contribution in [0.2, 0.25) is 0 Å². The number of carbonyl (C=O) groups excluding carboxylic acids is 1. The Balaban J connectivity index is -0.000000304. The van der Waals surface area contributed by atoms with Crippen LogP contribution in [-0.4, -0.2) is 35.0 Å². The molecule has 1 aliphatic carbocycles. The average Bonchev–Trinajstić information content (AvgIpc) is 2.63. The minimum absolute atomic E-state index is 0. The molecule has 0 radical (unpaired) electrons. The van der Waals surface area contributed by atoms with Crippen LogP contribution < -0.4 is 0 Å². The van der Waals surface area contributed by atoms with Crippen LogP contribution in [0.4, 0.5) is 0 Å². The molecule has 2 N–H and O–H groups in total. The Morgan fingerprint density at radius 3 is 2.05 bits per heavy atom. The molecule has 0 bridgehead atoms. The molecule has 0 amide bonds. The van der Waals surface area contributed by atoms with Gasteiger partial charge in [-0.05, 0) is 34.6 Å². The summed E-state index contributed by atoms with van der Waals surface area (Å²) in [6.07, 6.45) is 5.53. The minimum Gasteiger partial charge on any atom is -0.490 e. The maximum atomic E-state index is 11.0. The van der Waals surface area contributed by atoms with Crippen molar-refractivity contribution in [3.63, 3.8) is 0 Å². The third-order valence-electron chi connectivity index (χ3n) is 2.03. The van der Waals surface area contributed by atoms with Crippen LogP contribution in [0.5, 0.6) is 0 Å². The molecule has 0 heterocycles. The maximum absolute atomic E-state index is 11.0. The van der Waals surface area contributed by atoms with Gasteiger partial charge in [-0.25, -0.2) is 0 Å². The van der Waals surface area contributed by atoms with E-state index in [0.29, 0.717) is 6.61 Å². The van der Waals surface area contributed by atoms with Gasteiger partial charge in [-0.15, -0.1) is 0 Å². The summed E-state index contributed by atoms with van der Waals surface area (Å²) < 4.78 is 4.75. The van der Waals surface area contributed by atoms with Gasteiger partial charge < -0.3 is 27.9 Å². The average molecular weight is 334 g/mol. The second-order valence-electron chi connectivity index (χ2n) is 5.15. The van der Waals surface area contributed by atoms with Crippen molar-refractivity contribution in [1.29, 1.82) is 0 Å². The Labute approximate surface area is 144 Å². The van der Waals surface area contributed by atoms with Gasteiger partial charge in [0.05, 0.1) is 6.61 Å². The van der Waals surface area contributed by atoms with E-state index >= 15 is 0 Å². The third-order valence-corrected chi connectivity index (χ3v) is 2.03. The second-order valence-corrected chi connectivity index (χ2v) is 5.15. The third kappa shape index (κ3) is 22.3. The minimum atomic E-state index is -0.344. The number of aliphatic hydroxyl groups excluding tert-OH is 2. The van der Waals surface area contributed by atoms with Gasteiger partial charge in [-0.3, -0.25) is 10.4 Å². The van der Waals surface area contributed by atoms with Gasteiger partial charge >= 0.3 is 21.7 Å². The fourth-order valence-electron chi connectivity index (χ4n) is 1.38. The first-order valence-electron chi connectivity index (χ1n) is 7.19. The number of hydrogen-bond acceptors (Lipinski definition) is 4. The summed E-state index contributed by atoms with van der Waals surface area (Å²) >= 11 is 0. The molecule has 1 saturated carbocycles. The van der Waals surface area contributed by atoms with Gasteiger partial charge in [0.2, 0.25) is 0 Å². The van der Waals surface area contributed by atoms with E-state index < -0.39 is 0 Å². The molecule has 5 heteroatoms. The molecule has 1 aliphatic rings. The number of esters is 1. The summed E-state index contributed by atoms with van der Waals surface area (Å²) in [5.41, 5.74) is 1.02. The van der Waals surface area contributed by atoms with E-state index in [9.17, 15) is 4.79 Å². The Bertz CT molecular complexity index is 264. The molecule has 1 fully saturated rings. The van der Waals surface area contributed by atoms with Crippen molar-refractivity contribution in [3.05, 3.63) is 18.6 Å².